The Kier molecular flexibility index (Phi) is 8.51. The van der Waals surface area contributed by atoms with Gasteiger partial charge in [0.2, 0.25) is 0 Å². The van der Waals surface area contributed by atoms with Gasteiger partial charge in [0.05, 0.1) is 13.2 Å². The molecule has 4 nitrogen and oxygen atoms in total. The molecule has 3 aliphatic rings. The minimum Gasteiger partial charge on any atom is -0.378 e. The fourth-order valence-corrected chi connectivity index (χ4v) is 4.51. The van der Waals surface area contributed by atoms with Crippen molar-refractivity contribution in [1.29, 1.82) is 0 Å². The molecule has 0 bridgehead atoms. The normalized spacial score (nSPS) is 21.5. The molecular weight excluding hydrogens is 408 g/mol. The van der Waals surface area contributed by atoms with E-state index in [1.807, 2.05) is 0 Å². The summed E-state index contributed by atoms with van der Waals surface area (Å²) in [6, 6.07) is 8.94. The van der Waals surface area contributed by atoms with Gasteiger partial charge >= 0.3 is 0 Å². The lowest BCUT2D eigenvalue weighted by Gasteiger charge is -2.28. The number of morpholine rings is 2. The number of benzene rings is 1. The second-order valence-electron chi connectivity index (χ2n) is 8.85. The van der Waals surface area contributed by atoms with E-state index in [2.05, 4.69) is 90.1 Å². The van der Waals surface area contributed by atoms with Crippen molar-refractivity contribution in [2.75, 3.05) is 57.5 Å². The minimum atomic E-state index is 0.820. The zero-order valence-electron chi connectivity index (χ0n) is 20.1. The summed E-state index contributed by atoms with van der Waals surface area (Å²) in [4.78, 5) is 2.40. The maximum Gasteiger partial charge on any atom is 0.173 e. The van der Waals surface area contributed by atoms with Crippen LogP contribution >= 0.6 is 0 Å². The first-order valence-electron chi connectivity index (χ1n) is 12.2. The molecule has 0 N–H and O–H groups in total. The summed E-state index contributed by atoms with van der Waals surface area (Å²) in [6.45, 7) is 11.5. The lowest BCUT2D eigenvalue weighted by Crippen LogP contribution is -2.36. The standard InChI is InChI=1S/C29H37N2O2/c1-3-4-25(6-5-24(2)30-13-17-32-18-14-30)21-27-7-8-28(23-27)22-26-9-11-29(12-10-26)31-15-19-33-20-16-31/h3-6,9-12,21-23H,7-8,13-20H2,1-2H3/q+1/b4-3-. The Balaban J connectivity index is 1.43. The third-order valence-corrected chi connectivity index (χ3v) is 6.43. The molecule has 0 spiro atoms. The number of rotatable bonds is 6. The van der Waals surface area contributed by atoms with Crippen molar-refractivity contribution in [2.45, 2.75) is 26.7 Å². The Morgan fingerprint density at radius 2 is 1.64 bits per heavy atom. The topological polar surface area (TPSA) is 24.7 Å². The number of allylic oxidation sites excluding steroid dienone is 9. The summed E-state index contributed by atoms with van der Waals surface area (Å²) in [5.74, 6) is 0. The smallest absolute Gasteiger partial charge is 0.173 e. The lowest BCUT2D eigenvalue weighted by atomic mass is 10.1. The van der Waals surface area contributed by atoms with Gasteiger partial charge in [-0.1, -0.05) is 42.5 Å². The molecule has 2 aliphatic heterocycles. The van der Waals surface area contributed by atoms with Gasteiger partial charge < -0.3 is 14.4 Å². The summed E-state index contributed by atoms with van der Waals surface area (Å²) in [7, 11) is 0. The summed E-state index contributed by atoms with van der Waals surface area (Å²) < 4.78 is 13.3. The van der Waals surface area contributed by atoms with Crippen molar-refractivity contribution in [3.05, 3.63) is 83.0 Å². The van der Waals surface area contributed by atoms with E-state index >= 15 is 0 Å². The van der Waals surface area contributed by atoms with E-state index in [4.69, 9.17) is 9.47 Å². The second kappa shape index (κ2) is 12.0. The summed E-state index contributed by atoms with van der Waals surface area (Å²) in [5.41, 5.74) is 7.90. The Morgan fingerprint density at radius 1 is 0.909 bits per heavy atom. The van der Waals surface area contributed by atoms with Crippen molar-refractivity contribution in [1.82, 2.24) is 0 Å². The molecule has 2 heterocycles. The number of hydrogen-bond acceptors (Lipinski definition) is 3. The first-order chi connectivity index (χ1) is 16.2. The molecule has 0 radical (unpaired) electrons. The summed E-state index contributed by atoms with van der Waals surface area (Å²) in [6.07, 6.45) is 18.0. The lowest BCUT2D eigenvalue weighted by molar-refractivity contribution is -0.548. The number of anilines is 1. The molecule has 174 valence electrons. The zero-order valence-corrected chi connectivity index (χ0v) is 20.1. The maximum absolute atomic E-state index is 5.47. The van der Waals surface area contributed by atoms with Crippen molar-refractivity contribution in [3.63, 3.8) is 0 Å². The molecule has 0 saturated carbocycles. The summed E-state index contributed by atoms with van der Waals surface area (Å²) >= 11 is 0. The fraction of sp³-hybridized carbons (Fsp3) is 0.414. The van der Waals surface area contributed by atoms with Gasteiger partial charge in [0.1, 0.15) is 13.2 Å². The molecule has 1 aliphatic carbocycles. The second-order valence-corrected chi connectivity index (χ2v) is 8.85. The van der Waals surface area contributed by atoms with E-state index in [0.717, 1.165) is 65.4 Å². The SMILES string of the molecule is C\C=C/C(/C=C\C(C)=[N+]1CCOCC1)=C/C1=CC(=C/c2ccc(N3CCOCC3)cc2)/CC1. The van der Waals surface area contributed by atoms with E-state index in [1.165, 1.54) is 33.7 Å². The Bertz CT molecular complexity index is 979. The van der Waals surface area contributed by atoms with Crippen molar-refractivity contribution in [2.24, 2.45) is 0 Å². The Hall–Kier alpha value is -2.69. The van der Waals surface area contributed by atoms with Gasteiger partial charge in [0, 0.05) is 31.8 Å². The molecule has 0 amide bonds. The quantitative estimate of drug-likeness (QED) is 0.445. The molecule has 1 aromatic rings. The van der Waals surface area contributed by atoms with E-state index in [1.54, 1.807) is 0 Å². The van der Waals surface area contributed by atoms with Crippen LogP contribution < -0.4 is 4.90 Å². The van der Waals surface area contributed by atoms with Crippen LogP contribution in [0.3, 0.4) is 0 Å². The van der Waals surface area contributed by atoms with Gasteiger partial charge in [-0.2, -0.15) is 0 Å². The molecule has 0 aromatic heterocycles. The van der Waals surface area contributed by atoms with Crippen LogP contribution in [0.4, 0.5) is 5.69 Å². The van der Waals surface area contributed by atoms with E-state index in [-0.39, 0.29) is 0 Å². The zero-order chi connectivity index (χ0) is 22.9. The molecule has 1 aromatic carbocycles. The monoisotopic (exact) mass is 445 g/mol. The highest BCUT2D eigenvalue weighted by Crippen LogP contribution is 2.28. The average molecular weight is 446 g/mol. The molecule has 4 heteroatoms. The average Bonchev–Trinajstić information content (AvgIpc) is 3.30. The van der Waals surface area contributed by atoms with Crippen LogP contribution in [0.25, 0.3) is 6.08 Å². The third kappa shape index (κ3) is 6.89. The summed E-state index contributed by atoms with van der Waals surface area (Å²) in [5, 5.41) is 0. The van der Waals surface area contributed by atoms with Gasteiger partial charge in [0.25, 0.3) is 0 Å². The predicted octanol–water partition coefficient (Wildman–Crippen LogP) is 5.19. The number of ether oxygens (including phenoxy) is 2. The van der Waals surface area contributed by atoms with Crippen LogP contribution in [0.5, 0.6) is 0 Å². The molecular formula is C29H37N2O2+. The first-order valence-corrected chi connectivity index (χ1v) is 12.2. The Labute approximate surface area is 198 Å². The highest BCUT2D eigenvalue weighted by atomic mass is 16.5. The van der Waals surface area contributed by atoms with E-state index < -0.39 is 0 Å². The minimum absolute atomic E-state index is 0.820. The van der Waals surface area contributed by atoms with Crippen LogP contribution in [0.1, 0.15) is 32.3 Å². The van der Waals surface area contributed by atoms with Crippen LogP contribution in [-0.4, -0.2) is 62.9 Å². The van der Waals surface area contributed by atoms with Gasteiger partial charge in [-0.15, -0.1) is 0 Å². The molecule has 4 rings (SSSR count). The van der Waals surface area contributed by atoms with Crippen LogP contribution in [0, 0.1) is 0 Å². The predicted molar refractivity (Wildman–Crippen MR) is 138 cm³/mol. The van der Waals surface area contributed by atoms with Crippen molar-refractivity contribution < 1.29 is 14.0 Å². The fourth-order valence-electron chi connectivity index (χ4n) is 4.51. The largest absolute Gasteiger partial charge is 0.378 e. The molecule has 2 fully saturated rings. The molecule has 2 saturated heterocycles. The van der Waals surface area contributed by atoms with E-state index in [9.17, 15) is 0 Å². The van der Waals surface area contributed by atoms with E-state index in [0.29, 0.717) is 0 Å². The highest BCUT2D eigenvalue weighted by Gasteiger charge is 2.14. The third-order valence-electron chi connectivity index (χ3n) is 6.43. The number of hydrogen-bond donors (Lipinski definition) is 0. The molecule has 33 heavy (non-hydrogen) atoms. The molecule has 0 unspecified atom stereocenters. The molecule has 0 atom stereocenters. The first kappa shape index (κ1) is 23.5. The van der Waals surface area contributed by atoms with Crippen LogP contribution in [0.15, 0.2) is 77.4 Å². The van der Waals surface area contributed by atoms with Crippen LogP contribution in [0.2, 0.25) is 0 Å². The highest BCUT2D eigenvalue weighted by molar-refractivity contribution is 5.89. The van der Waals surface area contributed by atoms with Crippen molar-refractivity contribution >= 4 is 17.5 Å². The van der Waals surface area contributed by atoms with Gasteiger partial charge in [0.15, 0.2) is 18.8 Å². The Morgan fingerprint density at radius 3 is 2.36 bits per heavy atom. The van der Waals surface area contributed by atoms with Crippen molar-refractivity contribution in [3.8, 4) is 0 Å². The van der Waals surface area contributed by atoms with Gasteiger partial charge in [-0.3, -0.25) is 0 Å². The maximum atomic E-state index is 5.47. The van der Waals surface area contributed by atoms with Crippen LogP contribution in [-0.2, 0) is 9.47 Å². The van der Waals surface area contributed by atoms with Gasteiger partial charge in [-0.25, -0.2) is 4.58 Å². The van der Waals surface area contributed by atoms with Gasteiger partial charge in [-0.05, 0) is 60.3 Å². The number of nitrogens with zero attached hydrogens (tertiary/aromatic N) is 2.